The van der Waals surface area contributed by atoms with Crippen LogP contribution in [0.3, 0.4) is 0 Å². The van der Waals surface area contributed by atoms with Crippen molar-refractivity contribution in [2.75, 3.05) is 0 Å². The van der Waals surface area contributed by atoms with Crippen LogP contribution in [0.2, 0.25) is 0 Å². The molecule has 7 heteroatoms. The normalized spacial score (nSPS) is 12.0. The van der Waals surface area contributed by atoms with Crippen molar-refractivity contribution in [1.82, 2.24) is 9.55 Å². The van der Waals surface area contributed by atoms with Crippen molar-refractivity contribution in [3.8, 4) is 11.4 Å². The smallest absolute Gasteiger partial charge is 0.418 e. The molecule has 0 aliphatic carbocycles. The molecular formula is C14H9F3N2O2. The van der Waals surface area contributed by atoms with Gasteiger partial charge in [-0.25, -0.2) is 4.79 Å². The van der Waals surface area contributed by atoms with Crippen molar-refractivity contribution in [3.05, 3.63) is 58.5 Å². The van der Waals surface area contributed by atoms with Crippen molar-refractivity contribution in [2.45, 2.75) is 6.18 Å². The van der Waals surface area contributed by atoms with E-state index in [0.717, 1.165) is 10.6 Å². The fourth-order valence-electron chi connectivity index (χ4n) is 2.28. The van der Waals surface area contributed by atoms with Crippen LogP contribution in [0, 0.1) is 0 Å². The van der Waals surface area contributed by atoms with Crippen molar-refractivity contribution in [1.29, 1.82) is 0 Å². The first kappa shape index (κ1) is 13.3. The topological polar surface area (TPSA) is 58.0 Å². The Morgan fingerprint density at radius 3 is 2.48 bits per heavy atom. The maximum absolute atomic E-state index is 13.1. The van der Waals surface area contributed by atoms with Crippen LogP contribution in [0.15, 0.2) is 47.3 Å². The average molecular weight is 294 g/mol. The van der Waals surface area contributed by atoms with Gasteiger partial charge in [-0.05, 0) is 24.3 Å². The molecule has 0 aliphatic rings. The Balaban J connectivity index is 2.43. The lowest BCUT2D eigenvalue weighted by Crippen LogP contribution is -2.19. The summed E-state index contributed by atoms with van der Waals surface area (Å²) in [4.78, 5) is 14.4. The molecule has 0 saturated carbocycles. The lowest BCUT2D eigenvalue weighted by Gasteiger charge is -2.13. The number of halogens is 3. The van der Waals surface area contributed by atoms with E-state index in [1.807, 2.05) is 0 Å². The van der Waals surface area contributed by atoms with E-state index in [2.05, 4.69) is 4.98 Å². The third-order valence-electron chi connectivity index (χ3n) is 3.13. The summed E-state index contributed by atoms with van der Waals surface area (Å²) >= 11 is 0. The Bertz CT molecular complexity index is 878. The molecule has 3 aromatic rings. The zero-order valence-electron chi connectivity index (χ0n) is 10.5. The molecule has 2 N–H and O–H groups in total. The van der Waals surface area contributed by atoms with E-state index >= 15 is 0 Å². The first-order valence-electron chi connectivity index (χ1n) is 5.99. The highest BCUT2D eigenvalue weighted by atomic mass is 19.4. The number of rotatable bonds is 1. The number of phenolic OH excluding ortho intramolecular Hbond substituents is 1. The number of H-pyrrole nitrogens is 1. The van der Waals surface area contributed by atoms with Gasteiger partial charge in [0, 0.05) is 0 Å². The predicted octanol–water partition coefficient (Wildman–Crippen LogP) is 3.04. The minimum Gasteiger partial charge on any atom is -0.506 e. The van der Waals surface area contributed by atoms with Crippen LogP contribution < -0.4 is 5.69 Å². The van der Waals surface area contributed by atoms with Gasteiger partial charge in [0.05, 0.1) is 16.8 Å². The molecule has 0 fully saturated rings. The molecule has 1 aromatic heterocycles. The van der Waals surface area contributed by atoms with E-state index in [9.17, 15) is 23.1 Å². The van der Waals surface area contributed by atoms with E-state index in [4.69, 9.17) is 0 Å². The number of para-hydroxylation sites is 2. The molecule has 0 radical (unpaired) electrons. The molecule has 0 saturated heterocycles. The molecule has 0 amide bonds. The molecule has 0 aliphatic heterocycles. The van der Waals surface area contributed by atoms with E-state index in [0.29, 0.717) is 0 Å². The van der Waals surface area contributed by atoms with Gasteiger partial charge >= 0.3 is 11.9 Å². The lowest BCUT2D eigenvalue weighted by molar-refractivity contribution is -0.137. The number of aromatic amines is 1. The second kappa shape index (κ2) is 4.41. The zero-order chi connectivity index (χ0) is 15.2. The first-order valence-corrected chi connectivity index (χ1v) is 5.99. The van der Waals surface area contributed by atoms with Crippen LogP contribution in [-0.2, 0) is 6.18 Å². The lowest BCUT2D eigenvalue weighted by atomic mass is 10.1. The van der Waals surface area contributed by atoms with Crippen molar-refractivity contribution in [2.24, 2.45) is 0 Å². The Kier molecular flexibility index (Phi) is 2.79. The van der Waals surface area contributed by atoms with Crippen LogP contribution in [0.4, 0.5) is 13.2 Å². The van der Waals surface area contributed by atoms with Gasteiger partial charge in [0.1, 0.15) is 11.3 Å². The number of hydrogen-bond acceptors (Lipinski definition) is 2. The number of fused-ring (bicyclic) bond motifs is 1. The summed E-state index contributed by atoms with van der Waals surface area (Å²) in [6.45, 7) is 0. The van der Waals surface area contributed by atoms with Crippen molar-refractivity contribution < 1.29 is 18.3 Å². The largest absolute Gasteiger partial charge is 0.506 e. The third-order valence-corrected chi connectivity index (χ3v) is 3.13. The quantitative estimate of drug-likeness (QED) is 0.724. The molecule has 4 nitrogen and oxygen atoms in total. The number of phenols is 1. The number of aromatic hydroxyl groups is 1. The summed E-state index contributed by atoms with van der Waals surface area (Å²) in [6, 6.07) is 9.02. The van der Waals surface area contributed by atoms with Crippen LogP contribution in [0.25, 0.3) is 16.7 Å². The fourth-order valence-corrected chi connectivity index (χ4v) is 2.28. The van der Waals surface area contributed by atoms with E-state index in [1.165, 1.54) is 36.4 Å². The van der Waals surface area contributed by atoms with Crippen LogP contribution in [-0.4, -0.2) is 14.7 Å². The van der Waals surface area contributed by atoms with Crippen molar-refractivity contribution in [3.63, 3.8) is 0 Å². The number of aromatic nitrogens is 2. The summed E-state index contributed by atoms with van der Waals surface area (Å²) in [7, 11) is 0. The third kappa shape index (κ3) is 2.06. The monoisotopic (exact) mass is 294 g/mol. The Labute approximate surface area is 116 Å². The Morgan fingerprint density at radius 2 is 1.76 bits per heavy atom. The van der Waals surface area contributed by atoms with Gasteiger partial charge in [-0.15, -0.1) is 0 Å². The second-order valence-electron chi connectivity index (χ2n) is 4.45. The molecule has 0 spiro atoms. The second-order valence-corrected chi connectivity index (χ2v) is 4.45. The number of nitrogens with zero attached hydrogens (tertiary/aromatic N) is 1. The molecule has 108 valence electrons. The Morgan fingerprint density at radius 1 is 1.05 bits per heavy atom. The van der Waals surface area contributed by atoms with Gasteiger partial charge < -0.3 is 10.1 Å². The number of alkyl halides is 3. The fraction of sp³-hybridized carbons (Fsp3) is 0.0714. The summed E-state index contributed by atoms with van der Waals surface area (Å²) in [5, 5.41) is 9.86. The van der Waals surface area contributed by atoms with Crippen LogP contribution in [0.1, 0.15) is 5.56 Å². The minimum atomic E-state index is -4.61. The summed E-state index contributed by atoms with van der Waals surface area (Å²) in [5.74, 6) is -0.275. The molecule has 2 aromatic carbocycles. The minimum absolute atomic E-state index is 0.0131. The van der Waals surface area contributed by atoms with E-state index < -0.39 is 17.4 Å². The van der Waals surface area contributed by atoms with E-state index in [-0.39, 0.29) is 22.5 Å². The summed E-state index contributed by atoms with van der Waals surface area (Å²) in [6.07, 6.45) is -4.61. The molecule has 0 unspecified atom stereocenters. The maximum Gasteiger partial charge on any atom is 0.418 e. The maximum atomic E-state index is 13.1. The molecule has 1 heterocycles. The van der Waals surface area contributed by atoms with Crippen LogP contribution in [0.5, 0.6) is 5.75 Å². The van der Waals surface area contributed by atoms with Gasteiger partial charge in [-0.2, -0.15) is 13.2 Å². The van der Waals surface area contributed by atoms with Gasteiger partial charge in [-0.3, -0.25) is 4.57 Å². The van der Waals surface area contributed by atoms with Crippen LogP contribution >= 0.6 is 0 Å². The molecule has 3 rings (SSSR count). The highest BCUT2D eigenvalue weighted by Gasteiger charge is 2.34. The molecule has 0 bridgehead atoms. The SMILES string of the molecule is O=c1[nH]c2cccc(O)c2n1-c1ccccc1C(F)(F)F. The summed E-state index contributed by atoms with van der Waals surface area (Å²) < 4.78 is 40.1. The number of imidazole rings is 1. The number of hydrogen-bond donors (Lipinski definition) is 2. The van der Waals surface area contributed by atoms with E-state index in [1.54, 1.807) is 0 Å². The number of nitrogens with one attached hydrogen (secondary N) is 1. The number of benzene rings is 2. The first-order chi connectivity index (χ1) is 9.89. The van der Waals surface area contributed by atoms with Gasteiger partial charge in [0.15, 0.2) is 0 Å². The van der Waals surface area contributed by atoms with Gasteiger partial charge in [-0.1, -0.05) is 18.2 Å². The molecule has 0 atom stereocenters. The average Bonchev–Trinajstić information content (AvgIpc) is 2.75. The van der Waals surface area contributed by atoms with Gasteiger partial charge in [0.25, 0.3) is 0 Å². The molecular weight excluding hydrogens is 285 g/mol. The molecule has 21 heavy (non-hydrogen) atoms. The highest BCUT2D eigenvalue weighted by Crippen LogP contribution is 2.35. The zero-order valence-corrected chi connectivity index (χ0v) is 10.5. The van der Waals surface area contributed by atoms with Gasteiger partial charge in [0.2, 0.25) is 0 Å². The van der Waals surface area contributed by atoms with Crippen molar-refractivity contribution >= 4 is 11.0 Å². The highest BCUT2D eigenvalue weighted by molar-refractivity contribution is 5.83. The predicted molar refractivity (Wildman–Crippen MR) is 70.6 cm³/mol. The standard InChI is InChI=1S/C14H9F3N2O2/c15-14(16,17)8-4-1-2-6-10(8)19-12-9(18-13(19)21)5-3-7-11(12)20/h1-7,20H,(H,18,21). The summed E-state index contributed by atoms with van der Waals surface area (Å²) in [5.41, 5.74) is -1.75. The Hall–Kier alpha value is -2.70.